The van der Waals surface area contributed by atoms with Gasteiger partial charge in [-0.2, -0.15) is 0 Å². The van der Waals surface area contributed by atoms with E-state index in [1.165, 1.54) is 31.4 Å². The average Bonchev–Trinajstić information content (AvgIpc) is 2.84. The number of benzene rings is 1. The van der Waals surface area contributed by atoms with Crippen LogP contribution in [0.15, 0.2) is 35.9 Å². The summed E-state index contributed by atoms with van der Waals surface area (Å²) in [5, 5.41) is 9.80. The highest BCUT2D eigenvalue weighted by atomic mass is 16.6. The number of aliphatic hydroxyl groups excluding tert-OH is 1. The Bertz CT molecular complexity index is 588. The van der Waals surface area contributed by atoms with E-state index in [1.807, 2.05) is 24.3 Å². The van der Waals surface area contributed by atoms with Gasteiger partial charge in [0.2, 0.25) is 6.29 Å². The fourth-order valence-electron chi connectivity index (χ4n) is 2.56. The molecule has 5 heteroatoms. The van der Waals surface area contributed by atoms with Crippen LogP contribution in [0.4, 0.5) is 0 Å². The molecule has 2 unspecified atom stereocenters. The highest BCUT2D eigenvalue weighted by Gasteiger charge is 2.33. The van der Waals surface area contributed by atoms with E-state index in [0.717, 1.165) is 12.8 Å². The second-order valence-electron chi connectivity index (χ2n) is 5.62. The van der Waals surface area contributed by atoms with Gasteiger partial charge in [0, 0.05) is 18.6 Å². The third-order valence-corrected chi connectivity index (χ3v) is 3.74. The Kier molecular flexibility index (Phi) is 5.93. The first-order valence-corrected chi connectivity index (χ1v) is 7.87. The molecule has 0 radical (unpaired) electrons. The molecule has 2 rings (SSSR count). The van der Waals surface area contributed by atoms with Gasteiger partial charge < -0.3 is 14.6 Å². The lowest BCUT2D eigenvalue weighted by Crippen LogP contribution is -2.19. The van der Waals surface area contributed by atoms with Crippen LogP contribution in [-0.4, -0.2) is 23.3 Å². The molecular formula is C18H22O5. The van der Waals surface area contributed by atoms with Crippen LogP contribution in [0.1, 0.15) is 50.3 Å². The molecule has 124 valence electrons. The lowest BCUT2D eigenvalue weighted by atomic mass is 9.98. The zero-order valence-electron chi connectivity index (χ0n) is 13.5. The third kappa shape index (κ3) is 4.66. The molecule has 1 aliphatic heterocycles. The minimum atomic E-state index is -1.38. The van der Waals surface area contributed by atoms with E-state index in [1.54, 1.807) is 0 Å². The van der Waals surface area contributed by atoms with E-state index in [-0.39, 0.29) is 5.57 Å². The molecule has 0 saturated heterocycles. The molecule has 2 atom stereocenters. The largest absolute Gasteiger partial charge is 0.453 e. The Balaban J connectivity index is 2.17. The second kappa shape index (κ2) is 7.92. The van der Waals surface area contributed by atoms with E-state index >= 15 is 0 Å². The summed E-state index contributed by atoms with van der Waals surface area (Å²) < 4.78 is 9.96. The Morgan fingerprint density at radius 3 is 2.52 bits per heavy atom. The maximum Gasteiger partial charge on any atom is 0.333 e. The number of esters is 2. The van der Waals surface area contributed by atoms with Gasteiger partial charge in [-0.1, -0.05) is 44.0 Å². The van der Waals surface area contributed by atoms with Crippen molar-refractivity contribution in [2.24, 2.45) is 0 Å². The normalized spacial score (nSPS) is 18.3. The SMILES string of the molecule is CCCCCc1ccc(C(OC(C)=O)C2=CC(=O)OC2O)cc1. The molecule has 1 heterocycles. The van der Waals surface area contributed by atoms with Gasteiger partial charge in [-0.3, -0.25) is 4.79 Å². The monoisotopic (exact) mass is 318 g/mol. The zero-order chi connectivity index (χ0) is 16.8. The quantitative estimate of drug-likeness (QED) is 0.618. The predicted octanol–water partition coefficient (Wildman–Crippen LogP) is 2.83. The number of hydrogen-bond donors (Lipinski definition) is 1. The Morgan fingerprint density at radius 1 is 1.30 bits per heavy atom. The highest BCUT2D eigenvalue weighted by Crippen LogP contribution is 2.32. The topological polar surface area (TPSA) is 72.8 Å². The summed E-state index contributed by atoms with van der Waals surface area (Å²) >= 11 is 0. The second-order valence-corrected chi connectivity index (χ2v) is 5.62. The van der Waals surface area contributed by atoms with Crippen molar-refractivity contribution >= 4 is 11.9 Å². The number of ether oxygens (including phenoxy) is 2. The molecule has 1 aliphatic rings. The van der Waals surface area contributed by atoms with Crippen LogP contribution in [0.5, 0.6) is 0 Å². The molecular weight excluding hydrogens is 296 g/mol. The highest BCUT2D eigenvalue weighted by molar-refractivity contribution is 5.86. The minimum absolute atomic E-state index is 0.240. The molecule has 1 aromatic rings. The van der Waals surface area contributed by atoms with Crippen LogP contribution in [0.2, 0.25) is 0 Å². The van der Waals surface area contributed by atoms with Gasteiger partial charge in [0.05, 0.1) is 0 Å². The molecule has 0 spiro atoms. The molecule has 0 amide bonds. The fraction of sp³-hybridized carbons (Fsp3) is 0.444. The molecule has 0 aliphatic carbocycles. The van der Waals surface area contributed by atoms with Gasteiger partial charge in [-0.15, -0.1) is 0 Å². The van der Waals surface area contributed by atoms with E-state index in [2.05, 4.69) is 11.7 Å². The lowest BCUT2D eigenvalue weighted by Gasteiger charge is -2.20. The van der Waals surface area contributed by atoms with E-state index in [4.69, 9.17) is 4.74 Å². The number of aliphatic hydroxyl groups is 1. The van der Waals surface area contributed by atoms with Crippen molar-refractivity contribution in [3.63, 3.8) is 0 Å². The molecule has 0 aromatic heterocycles. The molecule has 0 fully saturated rings. The first kappa shape index (κ1) is 17.2. The first-order chi connectivity index (χ1) is 11.0. The van der Waals surface area contributed by atoms with Crippen molar-refractivity contribution in [1.29, 1.82) is 0 Å². The van der Waals surface area contributed by atoms with Crippen LogP contribution in [0, 0.1) is 0 Å². The maximum absolute atomic E-state index is 11.4. The summed E-state index contributed by atoms with van der Waals surface area (Å²) in [6.07, 6.45) is 3.47. The van der Waals surface area contributed by atoms with Crippen LogP contribution in [0.3, 0.4) is 0 Å². The number of unbranched alkanes of at least 4 members (excludes halogenated alkanes) is 2. The Hall–Kier alpha value is -2.14. The Morgan fingerprint density at radius 2 is 2.00 bits per heavy atom. The molecule has 1 aromatic carbocycles. The lowest BCUT2D eigenvalue weighted by molar-refractivity contribution is -0.154. The summed E-state index contributed by atoms with van der Waals surface area (Å²) in [6.45, 7) is 3.45. The van der Waals surface area contributed by atoms with E-state index < -0.39 is 24.3 Å². The number of rotatable bonds is 7. The molecule has 23 heavy (non-hydrogen) atoms. The van der Waals surface area contributed by atoms with Gasteiger partial charge in [-0.05, 0) is 24.0 Å². The van der Waals surface area contributed by atoms with E-state index in [0.29, 0.717) is 5.56 Å². The van der Waals surface area contributed by atoms with Crippen LogP contribution >= 0.6 is 0 Å². The summed E-state index contributed by atoms with van der Waals surface area (Å²) in [4.78, 5) is 22.6. The van der Waals surface area contributed by atoms with Crippen molar-refractivity contribution < 1.29 is 24.2 Å². The predicted molar refractivity (Wildman–Crippen MR) is 84.4 cm³/mol. The molecule has 5 nitrogen and oxygen atoms in total. The number of hydrogen-bond acceptors (Lipinski definition) is 5. The smallest absolute Gasteiger partial charge is 0.333 e. The number of aryl methyl sites for hydroxylation is 1. The minimum Gasteiger partial charge on any atom is -0.453 e. The van der Waals surface area contributed by atoms with Crippen molar-refractivity contribution in [3.8, 4) is 0 Å². The summed E-state index contributed by atoms with van der Waals surface area (Å²) in [6, 6.07) is 7.66. The zero-order valence-corrected chi connectivity index (χ0v) is 13.5. The summed E-state index contributed by atoms with van der Waals surface area (Å²) in [5.74, 6) is -1.13. The standard InChI is InChI=1S/C18H22O5/c1-3-4-5-6-13-7-9-14(10-8-13)17(22-12(2)19)15-11-16(20)23-18(15)21/h7-11,17-18,21H,3-6H2,1-2H3. The third-order valence-electron chi connectivity index (χ3n) is 3.74. The molecule has 0 saturated carbocycles. The van der Waals surface area contributed by atoms with Gasteiger partial charge in [-0.25, -0.2) is 4.79 Å². The van der Waals surface area contributed by atoms with Crippen molar-refractivity contribution in [3.05, 3.63) is 47.0 Å². The van der Waals surface area contributed by atoms with Crippen LogP contribution < -0.4 is 0 Å². The molecule has 1 N–H and O–H groups in total. The van der Waals surface area contributed by atoms with Gasteiger partial charge in [0.25, 0.3) is 0 Å². The van der Waals surface area contributed by atoms with Gasteiger partial charge in [0.1, 0.15) is 0 Å². The number of cyclic esters (lactones) is 1. The van der Waals surface area contributed by atoms with Gasteiger partial charge in [0.15, 0.2) is 6.10 Å². The van der Waals surface area contributed by atoms with Crippen molar-refractivity contribution in [1.82, 2.24) is 0 Å². The molecule has 0 bridgehead atoms. The summed E-state index contributed by atoms with van der Waals surface area (Å²) in [7, 11) is 0. The van der Waals surface area contributed by atoms with Crippen LogP contribution in [0.25, 0.3) is 0 Å². The number of carbonyl (C=O) groups is 2. The van der Waals surface area contributed by atoms with Crippen molar-refractivity contribution in [2.75, 3.05) is 0 Å². The van der Waals surface area contributed by atoms with Crippen LogP contribution in [-0.2, 0) is 25.5 Å². The van der Waals surface area contributed by atoms with Crippen molar-refractivity contribution in [2.45, 2.75) is 51.9 Å². The summed E-state index contributed by atoms with van der Waals surface area (Å²) in [5.41, 5.74) is 2.14. The first-order valence-electron chi connectivity index (χ1n) is 7.87. The van der Waals surface area contributed by atoms with Gasteiger partial charge >= 0.3 is 11.9 Å². The maximum atomic E-state index is 11.4. The fourth-order valence-corrected chi connectivity index (χ4v) is 2.56. The Labute approximate surface area is 135 Å². The average molecular weight is 318 g/mol. The number of carbonyl (C=O) groups excluding carboxylic acids is 2. The van der Waals surface area contributed by atoms with E-state index in [9.17, 15) is 14.7 Å².